The number of nitrogens with zero attached hydrogens (tertiary/aromatic N) is 1. The molecule has 1 aliphatic heterocycles. The molecule has 18 heavy (non-hydrogen) atoms. The van der Waals surface area contributed by atoms with Gasteiger partial charge < -0.3 is 20.1 Å². The van der Waals surface area contributed by atoms with Crippen LogP contribution in [0.2, 0.25) is 0 Å². The van der Waals surface area contributed by atoms with Gasteiger partial charge in [-0.15, -0.1) is 0 Å². The first-order valence-electron chi connectivity index (χ1n) is 6.44. The van der Waals surface area contributed by atoms with Crippen LogP contribution in [0.25, 0.3) is 0 Å². The minimum absolute atomic E-state index is 0.0737. The Morgan fingerprint density at radius 2 is 2.28 bits per heavy atom. The molecule has 0 aromatic carbocycles. The highest BCUT2D eigenvalue weighted by atomic mass is 16.5. The molecular weight excluding hydrogens is 236 g/mol. The van der Waals surface area contributed by atoms with Crippen LogP contribution in [0.1, 0.15) is 33.1 Å². The predicted octanol–water partition coefficient (Wildman–Crippen LogP) is 1.06. The fraction of sp³-hybridized carbons (Fsp3) is 0.833. The summed E-state index contributed by atoms with van der Waals surface area (Å²) in [6, 6.07) is -1.19. The number of aliphatic carboxylic acids is 1. The van der Waals surface area contributed by atoms with E-state index in [1.807, 2.05) is 6.92 Å². The molecule has 2 atom stereocenters. The third kappa shape index (κ3) is 4.52. The number of hydrogen-bond acceptors (Lipinski definition) is 3. The van der Waals surface area contributed by atoms with Crippen LogP contribution >= 0.6 is 0 Å². The molecule has 0 aromatic rings. The number of carboxylic acid groups (broad SMARTS) is 1. The molecule has 6 heteroatoms. The van der Waals surface area contributed by atoms with Crippen molar-refractivity contribution >= 4 is 12.0 Å². The first-order valence-corrected chi connectivity index (χ1v) is 6.44. The van der Waals surface area contributed by atoms with E-state index in [0.29, 0.717) is 19.7 Å². The molecule has 0 bridgehead atoms. The van der Waals surface area contributed by atoms with Crippen molar-refractivity contribution < 1.29 is 19.4 Å². The summed E-state index contributed by atoms with van der Waals surface area (Å²) in [5.41, 5.74) is 0. The van der Waals surface area contributed by atoms with Gasteiger partial charge in [-0.25, -0.2) is 4.79 Å². The molecule has 1 fully saturated rings. The first-order chi connectivity index (χ1) is 8.54. The average Bonchev–Trinajstić information content (AvgIpc) is 2.36. The smallest absolute Gasteiger partial charge is 0.325 e. The summed E-state index contributed by atoms with van der Waals surface area (Å²) in [5.74, 6) is -1.03. The Hall–Kier alpha value is -1.30. The van der Waals surface area contributed by atoms with Gasteiger partial charge in [-0.05, 0) is 26.2 Å². The summed E-state index contributed by atoms with van der Waals surface area (Å²) in [5, 5.41) is 11.2. The van der Waals surface area contributed by atoms with Crippen LogP contribution in [0.15, 0.2) is 0 Å². The Kier molecular flexibility index (Phi) is 5.91. The van der Waals surface area contributed by atoms with Crippen molar-refractivity contribution in [2.24, 2.45) is 0 Å². The number of amides is 2. The first kappa shape index (κ1) is 14.8. The van der Waals surface area contributed by atoms with Crippen LogP contribution in [0.5, 0.6) is 0 Å². The quantitative estimate of drug-likeness (QED) is 0.773. The zero-order valence-electron chi connectivity index (χ0n) is 11.0. The van der Waals surface area contributed by atoms with Gasteiger partial charge in [0.25, 0.3) is 0 Å². The van der Waals surface area contributed by atoms with Gasteiger partial charge in [-0.1, -0.05) is 6.92 Å². The SMILES string of the molecule is CCCOC1CCCN(C(=O)N[C@H](C)C(=O)O)C1. The van der Waals surface area contributed by atoms with Crippen molar-refractivity contribution in [1.82, 2.24) is 10.2 Å². The van der Waals surface area contributed by atoms with E-state index in [4.69, 9.17) is 9.84 Å². The average molecular weight is 258 g/mol. The van der Waals surface area contributed by atoms with E-state index >= 15 is 0 Å². The van der Waals surface area contributed by atoms with Crippen LogP contribution in [0.4, 0.5) is 4.79 Å². The van der Waals surface area contributed by atoms with Crippen LogP contribution in [0, 0.1) is 0 Å². The lowest BCUT2D eigenvalue weighted by Crippen LogP contribution is -2.51. The topological polar surface area (TPSA) is 78.9 Å². The molecule has 1 heterocycles. The lowest BCUT2D eigenvalue weighted by atomic mass is 10.1. The minimum atomic E-state index is -1.03. The summed E-state index contributed by atoms with van der Waals surface area (Å²) in [6.45, 7) is 5.39. The van der Waals surface area contributed by atoms with E-state index < -0.39 is 12.0 Å². The molecule has 2 amide bonds. The van der Waals surface area contributed by atoms with Gasteiger partial charge in [0, 0.05) is 19.7 Å². The van der Waals surface area contributed by atoms with Crippen molar-refractivity contribution in [1.29, 1.82) is 0 Å². The Morgan fingerprint density at radius 3 is 2.89 bits per heavy atom. The van der Waals surface area contributed by atoms with Crippen molar-refractivity contribution in [3.63, 3.8) is 0 Å². The summed E-state index contributed by atoms with van der Waals surface area (Å²) in [4.78, 5) is 24.1. The highest BCUT2D eigenvalue weighted by Gasteiger charge is 2.25. The van der Waals surface area contributed by atoms with E-state index in [0.717, 1.165) is 19.3 Å². The molecule has 1 rings (SSSR count). The number of hydrogen-bond donors (Lipinski definition) is 2. The van der Waals surface area contributed by atoms with Gasteiger partial charge in [0.05, 0.1) is 6.10 Å². The Labute approximate surface area is 107 Å². The maximum Gasteiger partial charge on any atom is 0.325 e. The highest BCUT2D eigenvalue weighted by Crippen LogP contribution is 2.13. The molecule has 1 aliphatic rings. The Bertz CT molecular complexity index is 296. The monoisotopic (exact) mass is 258 g/mol. The van der Waals surface area contributed by atoms with Crippen LogP contribution in [0.3, 0.4) is 0 Å². The molecule has 0 radical (unpaired) electrons. The summed E-state index contributed by atoms with van der Waals surface area (Å²) in [6.07, 6.45) is 2.88. The third-order valence-electron chi connectivity index (χ3n) is 2.93. The number of carbonyl (C=O) groups is 2. The number of likely N-dealkylation sites (tertiary alicyclic amines) is 1. The van der Waals surface area contributed by atoms with Gasteiger partial charge in [0.1, 0.15) is 6.04 Å². The van der Waals surface area contributed by atoms with E-state index in [2.05, 4.69) is 5.32 Å². The molecular formula is C12H22N2O4. The molecule has 1 saturated heterocycles. The van der Waals surface area contributed by atoms with Crippen molar-refractivity contribution in [3.05, 3.63) is 0 Å². The lowest BCUT2D eigenvalue weighted by Gasteiger charge is -2.33. The number of piperidine rings is 1. The normalized spacial score (nSPS) is 21.4. The molecule has 1 unspecified atom stereocenters. The lowest BCUT2D eigenvalue weighted by molar-refractivity contribution is -0.138. The zero-order chi connectivity index (χ0) is 13.5. The Morgan fingerprint density at radius 1 is 1.56 bits per heavy atom. The van der Waals surface area contributed by atoms with E-state index in [9.17, 15) is 9.59 Å². The second kappa shape index (κ2) is 7.20. The van der Waals surface area contributed by atoms with Gasteiger partial charge in [-0.3, -0.25) is 4.79 Å². The molecule has 0 aromatic heterocycles. The van der Waals surface area contributed by atoms with Crippen molar-refractivity contribution in [2.45, 2.75) is 45.3 Å². The maximum atomic E-state index is 11.8. The standard InChI is InChI=1S/C12H22N2O4/c1-3-7-18-10-5-4-6-14(8-10)12(17)13-9(2)11(15)16/h9-10H,3-8H2,1-2H3,(H,13,17)(H,15,16)/t9-,10?/m1/s1. The molecule has 0 spiro atoms. The second-order valence-electron chi connectivity index (χ2n) is 4.59. The minimum Gasteiger partial charge on any atom is -0.480 e. The number of carbonyl (C=O) groups excluding carboxylic acids is 1. The number of ether oxygens (including phenoxy) is 1. The molecule has 0 saturated carbocycles. The summed E-state index contributed by atoms with van der Waals surface area (Å²) >= 11 is 0. The third-order valence-corrected chi connectivity index (χ3v) is 2.93. The number of nitrogens with one attached hydrogen (secondary N) is 1. The molecule has 104 valence electrons. The number of rotatable bonds is 5. The Balaban J connectivity index is 2.40. The predicted molar refractivity (Wildman–Crippen MR) is 66.5 cm³/mol. The van der Waals surface area contributed by atoms with E-state index in [1.165, 1.54) is 6.92 Å². The van der Waals surface area contributed by atoms with E-state index in [-0.39, 0.29) is 12.1 Å². The number of carboxylic acids is 1. The maximum absolute atomic E-state index is 11.8. The van der Waals surface area contributed by atoms with Gasteiger partial charge in [0.2, 0.25) is 0 Å². The van der Waals surface area contributed by atoms with Crippen molar-refractivity contribution in [2.75, 3.05) is 19.7 Å². The fourth-order valence-corrected chi connectivity index (χ4v) is 1.88. The molecule has 6 nitrogen and oxygen atoms in total. The van der Waals surface area contributed by atoms with Crippen LogP contribution in [-0.4, -0.2) is 53.8 Å². The van der Waals surface area contributed by atoms with Crippen LogP contribution < -0.4 is 5.32 Å². The van der Waals surface area contributed by atoms with Gasteiger partial charge in [-0.2, -0.15) is 0 Å². The fourth-order valence-electron chi connectivity index (χ4n) is 1.88. The zero-order valence-corrected chi connectivity index (χ0v) is 11.0. The molecule has 2 N–H and O–H groups in total. The molecule has 0 aliphatic carbocycles. The van der Waals surface area contributed by atoms with Crippen molar-refractivity contribution in [3.8, 4) is 0 Å². The highest BCUT2D eigenvalue weighted by molar-refractivity contribution is 5.82. The van der Waals surface area contributed by atoms with Gasteiger partial charge >= 0.3 is 12.0 Å². The summed E-state index contributed by atoms with van der Waals surface area (Å²) in [7, 11) is 0. The van der Waals surface area contributed by atoms with E-state index in [1.54, 1.807) is 4.90 Å². The largest absolute Gasteiger partial charge is 0.480 e. The number of urea groups is 1. The van der Waals surface area contributed by atoms with Crippen LogP contribution in [-0.2, 0) is 9.53 Å². The van der Waals surface area contributed by atoms with Gasteiger partial charge in [0.15, 0.2) is 0 Å². The second-order valence-corrected chi connectivity index (χ2v) is 4.59. The summed E-state index contributed by atoms with van der Waals surface area (Å²) < 4.78 is 5.63.